The number of hydrogen-bond donors (Lipinski definition) is 1. The molecule has 0 radical (unpaired) electrons. The van der Waals surface area contributed by atoms with E-state index >= 15 is 0 Å². The molecule has 1 atom stereocenters. The lowest BCUT2D eigenvalue weighted by molar-refractivity contribution is -0.137. The molecule has 4 rings (SSSR count). The van der Waals surface area contributed by atoms with Crippen LogP contribution in [0, 0.1) is 6.92 Å². The predicted molar refractivity (Wildman–Crippen MR) is 114 cm³/mol. The van der Waals surface area contributed by atoms with Crippen LogP contribution in [0.4, 0.5) is 19.1 Å². The first-order valence-electron chi connectivity index (χ1n) is 10.1. The lowest BCUT2D eigenvalue weighted by Gasteiger charge is -2.18. The van der Waals surface area contributed by atoms with E-state index in [2.05, 4.69) is 16.9 Å². The summed E-state index contributed by atoms with van der Waals surface area (Å²) in [5, 5.41) is 2.67. The molecule has 2 aromatic carbocycles. The molecule has 2 amide bonds. The molecule has 3 aromatic rings. The Morgan fingerprint density at radius 3 is 2.72 bits per heavy atom. The van der Waals surface area contributed by atoms with Crippen molar-refractivity contribution in [2.24, 2.45) is 0 Å². The third-order valence-electron chi connectivity index (χ3n) is 5.54. The Hall–Kier alpha value is -3.62. The van der Waals surface area contributed by atoms with Crippen molar-refractivity contribution in [1.82, 2.24) is 14.5 Å². The van der Waals surface area contributed by atoms with Gasteiger partial charge in [0.1, 0.15) is 0 Å². The minimum atomic E-state index is -4.55. The highest BCUT2D eigenvalue weighted by Gasteiger charge is 2.32. The van der Waals surface area contributed by atoms with Crippen LogP contribution in [-0.4, -0.2) is 39.4 Å². The van der Waals surface area contributed by atoms with Gasteiger partial charge in [0.05, 0.1) is 22.6 Å². The summed E-state index contributed by atoms with van der Waals surface area (Å²) in [6.45, 7) is 6.38. The summed E-state index contributed by atoms with van der Waals surface area (Å²) < 4.78 is 41.0. The second-order valence-electron chi connectivity index (χ2n) is 7.76. The number of amides is 2. The molecule has 1 aromatic heterocycles. The maximum Gasteiger partial charge on any atom is 0.416 e. The van der Waals surface area contributed by atoms with Crippen molar-refractivity contribution in [2.45, 2.75) is 25.6 Å². The van der Waals surface area contributed by atoms with Crippen LogP contribution in [0.25, 0.3) is 11.0 Å². The fourth-order valence-electron chi connectivity index (χ4n) is 3.96. The van der Waals surface area contributed by atoms with Crippen LogP contribution in [0.1, 0.15) is 33.9 Å². The second kappa shape index (κ2) is 8.14. The number of fused-ring (bicyclic) bond motifs is 1. The van der Waals surface area contributed by atoms with Crippen molar-refractivity contribution < 1.29 is 22.8 Å². The Morgan fingerprint density at radius 2 is 2.00 bits per heavy atom. The summed E-state index contributed by atoms with van der Waals surface area (Å²) in [5.41, 5.74) is 1.38. The number of rotatable bonds is 4. The van der Waals surface area contributed by atoms with E-state index in [1.165, 1.54) is 18.2 Å². The van der Waals surface area contributed by atoms with Crippen LogP contribution >= 0.6 is 0 Å². The van der Waals surface area contributed by atoms with Gasteiger partial charge in [-0.3, -0.25) is 14.9 Å². The number of aryl methyl sites for hydroxylation is 1. The second-order valence-corrected chi connectivity index (χ2v) is 7.76. The van der Waals surface area contributed by atoms with E-state index in [9.17, 15) is 22.8 Å². The van der Waals surface area contributed by atoms with Gasteiger partial charge in [0.25, 0.3) is 5.91 Å². The number of hydrogen-bond acceptors (Lipinski definition) is 3. The maximum atomic E-state index is 13.0. The molecule has 2 heterocycles. The van der Waals surface area contributed by atoms with Crippen molar-refractivity contribution in [1.29, 1.82) is 0 Å². The third kappa shape index (κ3) is 4.10. The number of imidazole rings is 1. The maximum absolute atomic E-state index is 13.0. The number of nitrogens with zero attached hydrogens (tertiary/aromatic N) is 3. The van der Waals surface area contributed by atoms with E-state index < -0.39 is 17.6 Å². The highest BCUT2D eigenvalue weighted by atomic mass is 19.4. The molecule has 1 aliphatic heterocycles. The lowest BCUT2D eigenvalue weighted by Crippen LogP contribution is -2.27. The molecule has 9 heteroatoms. The summed E-state index contributed by atoms with van der Waals surface area (Å²) >= 11 is 0. The van der Waals surface area contributed by atoms with Gasteiger partial charge in [-0.2, -0.15) is 13.2 Å². The predicted octanol–water partition coefficient (Wildman–Crippen LogP) is 4.58. The monoisotopic (exact) mass is 442 g/mol. The average molecular weight is 442 g/mol. The van der Waals surface area contributed by atoms with Gasteiger partial charge in [-0.15, -0.1) is 0 Å². The zero-order valence-electron chi connectivity index (χ0n) is 17.3. The van der Waals surface area contributed by atoms with Crippen LogP contribution in [0.5, 0.6) is 0 Å². The van der Waals surface area contributed by atoms with Gasteiger partial charge < -0.3 is 9.47 Å². The standard InChI is InChI=1S/C23H21F3N4O2/c1-3-20(31)29-10-9-17(13-29)30-19-8-7-14(2)11-18(19)27-22(30)28-21(32)15-5-4-6-16(12-15)23(24,25)26/h3-8,11-12,17H,1,9-10,13H2,2H3,(H,27,28,32). The zero-order valence-corrected chi connectivity index (χ0v) is 17.3. The normalized spacial score (nSPS) is 16.4. The summed E-state index contributed by atoms with van der Waals surface area (Å²) in [5.74, 6) is -0.644. The van der Waals surface area contributed by atoms with Crippen molar-refractivity contribution in [3.8, 4) is 0 Å². The number of carbonyl (C=O) groups is 2. The number of aromatic nitrogens is 2. The van der Waals surface area contributed by atoms with Crippen LogP contribution in [0.2, 0.25) is 0 Å². The molecule has 0 aliphatic carbocycles. The highest BCUT2D eigenvalue weighted by Crippen LogP contribution is 2.32. The van der Waals surface area contributed by atoms with Crippen LogP contribution in [0.15, 0.2) is 55.1 Å². The van der Waals surface area contributed by atoms with Gasteiger partial charge in [-0.05, 0) is 55.3 Å². The first kappa shape index (κ1) is 21.6. The Kier molecular flexibility index (Phi) is 5.50. The van der Waals surface area contributed by atoms with Gasteiger partial charge in [0.2, 0.25) is 11.9 Å². The van der Waals surface area contributed by atoms with E-state index in [1.54, 1.807) is 4.90 Å². The summed E-state index contributed by atoms with van der Waals surface area (Å²) in [6.07, 6.45) is -2.65. The van der Waals surface area contributed by atoms with E-state index in [1.807, 2.05) is 29.7 Å². The molecule has 1 N–H and O–H groups in total. The molecule has 0 saturated carbocycles. The first-order chi connectivity index (χ1) is 15.2. The minimum Gasteiger partial charge on any atom is -0.337 e. The Bertz CT molecular complexity index is 1220. The zero-order chi connectivity index (χ0) is 23.0. The largest absolute Gasteiger partial charge is 0.416 e. The summed E-state index contributed by atoms with van der Waals surface area (Å²) in [7, 11) is 0. The topological polar surface area (TPSA) is 67.2 Å². The summed E-state index contributed by atoms with van der Waals surface area (Å²) in [6, 6.07) is 9.76. The molecule has 6 nitrogen and oxygen atoms in total. The molecule has 0 bridgehead atoms. The molecule has 1 saturated heterocycles. The molecular formula is C23H21F3N4O2. The number of nitrogens with one attached hydrogen (secondary N) is 1. The Balaban J connectivity index is 1.70. The molecule has 0 spiro atoms. The van der Waals surface area contributed by atoms with Crippen molar-refractivity contribution in [3.63, 3.8) is 0 Å². The quantitative estimate of drug-likeness (QED) is 0.602. The van der Waals surface area contributed by atoms with E-state index in [0.717, 1.165) is 23.2 Å². The van der Waals surface area contributed by atoms with Crippen molar-refractivity contribution >= 4 is 28.8 Å². The van der Waals surface area contributed by atoms with E-state index in [0.29, 0.717) is 25.0 Å². The van der Waals surface area contributed by atoms with Gasteiger partial charge in [0.15, 0.2) is 0 Å². The lowest BCUT2D eigenvalue weighted by atomic mass is 10.1. The molecule has 32 heavy (non-hydrogen) atoms. The Morgan fingerprint density at radius 1 is 1.22 bits per heavy atom. The minimum absolute atomic E-state index is 0.121. The van der Waals surface area contributed by atoms with Crippen molar-refractivity contribution in [2.75, 3.05) is 18.4 Å². The van der Waals surface area contributed by atoms with Crippen molar-refractivity contribution in [3.05, 3.63) is 71.8 Å². The first-order valence-corrected chi connectivity index (χ1v) is 10.1. The number of halogens is 3. The SMILES string of the molecule is C=CC(=O)N1CCC(n2c(NC(=O)c3cccc(C(F)(F)F)c3)nc3cc(C)ccc32)C1. The fourth-order valence-corrected chi connectivity index (χ4v) is 3.96. The van der Waals surface area contributed by atoms with Crippen LogP contribution < -0.4 is 5.32 Å². The van der Waals surface area contributed by atoms with Crippen LogP contribution in [-0.2, 0) is 11.0 Å². The van der Waals surface area contributed by atoms with Gasteiger partial charge in [-0.1, -0.05) is 18.7 Å². The number of likely N-dealkylation sites (tertiary alicyclic amines) is 1. The van der Waals surface area contributed by atoms with E-state index in [4.69, 9.17) is 0 Å². The molecule has 1 unspecified atom stereocenters. The number of benzene rings is 2. The third-order valence-corrected chi connectivity index (χ3v) is 5.54. The number of carbonyl (C=O) groups excluding carboxylic acids is 2. The fraction of sp³-hybridized carbons (Fsp3) is 0.261. The van der Waals surface area contributed by atoms with E-state index in [-0.39, 0.29) is 23.5 Å². The molecule has 1 fully saturated rings. The van der Waals surface area contributed by atoms with Crippen LogP contribution in [0.3, 0.4) is 0 Å². The average Bonchev–Trinajstić information content (AvgIpc) is 3.36. The number of alkyl halides is 3. The smallest absolute Gasteiger partial charge is 0.337 e. The Labute approximate surface area is 182 Å². The van der Waals surface area contributed by atoms with Gasteiger partial charge >= 0.3 is 6.18 Å². The van der Waals surface area contributed by atoms with Gasteiger partial charge in [-0.25, -0.2) is 4.98 Å². The van der Waals surface area contributed by atoms with Gasteiger partial charge in [0, 0.05) is 18.7 Å². The molecular weight excluding hydrogens is 421 g/mol. The highest BCUT2D eigenvalue weighted by molar-refractivity contribution is 6.04. The summed E-state index contributed by atoms with van der Waals surface area (Å²) in [4.78, 5) is 31.0. The molecule has 166 valence electrons. The molecule has 1 aliphatic rings. The number of anilines is 1.